The van der Waals surface area contributed by atoms with Gasteiger partial charge in [-0.3, -0.25) is 0 Å². The van der Waals surface area contributed by atoms with Gasteiger partial charge in [-0.2, -0.15) is 4.31 Å². The van der Waals surface area contributed by atoms with Gasteiger partial charge in [0, 0.05) is 49.9 Å². The van der Waals surface area contributed by atoms with E-state index in [1.807, 2.05) is 32.0 Å². The number of anilines is 1. The fourth-order valence-corrected chi connectivity index (χ4v) is 4.70. The molecule has 20 heavy (non-hydrogen) atoms. The van der Waals surface area contributed by atoms with Gasteiger partial charge in [-0.15, -0.1) is 0 Å². The van der Waals surface area contributed by atoms with Gasteiger partial charge >= 0.3 is 0 Å². The van der Waals surface area contributed by atoms with Crippen molar-refractivity contribution in [2.75, 3.05) is 38.6 Å². The van der Waals surface area contributed by atoms with E-state index in [1.165, 1.54) is 0 Å². The molecule has 1 aromatic rings. The minimum absolute atomic E-state index is 0.175. The predicted octanol–water partition coefficient (Wildman–Crippen LogP) is 1.50. The Labute approximate surface area is 129 Å². The molecule has 0 spiro atoms. The molecular formula is C13H20BrN3O2S. The Morgan fingerprint density at radius 3 is 2.70 bits per heavy atom. The standard InChI is InChI=1S/C13H20BrN3O2S/c1-10-9-17(7-6-15-10)20(18,19)13-8-11(16(2)3)4-5-12(13)14/h4-5,8,10,15H,6-7,9H2,1-3H3. The molecule has 112 valence electrons. The second-order valence-electron chi connectivity index (χ2n) is 5.23. The molecule has 1 N–H and O–H groups in total. The van der Waals surface area contributed by atoms with E-state index in [9.17, 15) is 8.42 Å². The van der Waals surface area contributed by atoms with E-state index in [-0.39, 0.29) is 6.04 Å². The number of hydrogen-bond acceptors (Lipinski definition) is 4. The zero-order valence-corrected chi connectivity index (χ0v) is 14.3. The largest absolute Gasteiger partial charge is 0.378 e. The maximum Gasteiger partial charge on any atom is 0.244 e. The van der Waals surface area contributed by atoms with Crippen LogP contribution in [0, 0.1) is 0 Å². The monoisotopic (exact) mass is 361 g/mol. The highest BCUT2D eigenvalue weighted by molar-refractivity contribution is 9.10. The third-order valence-corrected chi connectivity index (χ3v) is 6.24. The average molecular weight is 362 g/mol. The summed E-state index contributed by atoms with van der Waals surface area (Å²) < 4.78 is 27.7. The Morgan fingerprint density at radius 2 is 2.10 bits per heavy atom. The first-order valence-electron chi connectivity index (χ1n) is 6.53. The maximum absolute atomic E-state index is 12.8. The molecule has 2 rings (SSSR count). The van der Waals surface area contributed by atoms with Gasteiger partial charge < -0.3 is 10.2 Å². The summed E-state index contributed by atoms with van der Waals surface area (Å²) in [6.45, 7) is 3.69. The number of halogens is 1. The Hall–Kier alpha value is -0.630. The highest BCUT2D eigenvalue weighted by Crippen LogP contribution is 2.29. The summed E-state index contributed by atoms with van der Waals surface area (Å²) in [5.41, 5.74) is 0.870. The third kappa shape index (κ3) is 3.16. The van der Waals surface area contributed by atoms with Gasteiger partial charge in [0.05, 0.1) is 4.90 Å². The SMILES string of the molecule is CC1CN(S(=O)(=O)c2cc(N(C)C)ccc2Br)CCN1. The van der Waals surface area contributed by atoms with Crippen LogP contribution < -0.4 is 10.2 Å². The van der Waals surface area contributed by atoms with Crippen molar-refractivity contribution in [1.29, 1.82) is 0 Å². The van der Waals surface area contributed by atoms with Crippen LogP contribution in [-0.2, 0) is 10.0 Å². The summed E-state index contributed by atoms with van der Waals surface area (Å²) in [6.07, 6.45) is 0. The van der Waals surface area contributed by atoms with E-state index < -0.39 is 10.0 Å². The minimum Gasteiger partial charge on any atom is -0.378 e. The number of nitrogens with zero attached hydrogens (tertiary/aromatic N) is 2. The van der Waals surface area contributed by atoms with Crippen molar-refractivity contribution in [2.24, 2.45) is 0 Å². The molecule has 1 heterocycles. The molecule has 0 saturated carbocycles. The van der Waals surface area contributed by atoms with E-state index >= 15 is 0 Å². The molecular weight excluding hydrogens is 342 g/mol. The van der Waals surface area contributed by atoms with E-state index in [0.29, 0.717) is 29.0 Å². The summed E-state index contributed by atoms with van der Waals surface area (Å²) >= 11 is 3.36. The molecule has 1 fully saturated rings. The number of nitrogens with one attached hydrogen (secondary N) is 1. The molecule has 0 bridgehead atoms. The van der Waals surface area contributed by atoms with Crippen LogP contribution in [0.5, 0.6) is 0 Å². The lowest BCUT2D eigenvalue weighted by Crippen LogP contribution is -2.51. The Morgan fingerprint density at radius 1 is 1.40 bits per heavy atom. The molecule has 1 saturated heterocycles. The second-order valence-corrected chi connectivity index (χ2v) is 7.99. The van der Waals surface area contributed by atoms with Crippen LogP contribution in [0.4, 0.5) is 5.69 Å². The molecule has 7 heteroatoms. The van der Waals surface area contributed by atoms with Crippen molar-refractivity contribution < 1.29 is 8.42 Å². The van der Waals surface area contributed by atoms with Crippen LogP contribution in [-0.4, -0.2) is 52.5 Å². The number of hydrogen-bond donors (Lipinski definition) is 1. The normalized spacial score (nSPS) is 20.9. The molecule has 1 unspecified atom stereocenters. The van der Waals surface area contributed by atoms with Crippen LogP contribution in [0.2, 0.25) is 0 Å². The quantitative estimate of drug-likeness (QED) is 0.886. The molecule has 1 aromatic carbocycles. The molecule has 0 aliphatic carbocycles. The highest BCUT2D eigenvalue weighted by atomic mass is 79.9. The Kier molecular flexibility index (Phi) is 4.73. The van der Waals surface area contributed by atoms with Crippen LogP contribution in [0.1, 0.15) is 6.92 Å². The summed E-state index contributed by atoms with van der Waals surface area (Å²) in [4.78, 5) is 2.23. The summed E-state index contributed by atoms with van der Waals surface area (Å²) in [5.74, 6) is 0. The molecule has 0 amide bonds. The number of benzene rings is 1. The Balaban J connectivity index is 2.40. The van der Waals surface area contributed by atoms with Crippen molar-refractivity contribution in [3.63, 3.8) is 0 Å². The van der Waals surface area contributed by atoms with E-state index in [4.69, 9.17) is 0 Å². The van der Waals surface area contributed by atoms with Gasteiger partial charge in [-0.25, -0.2) is 8.42 Å². The van der Waals surface area contributed by atoms with Crippen LogP contribution >= 0.6 is 15.9 Å². The van der Waals surface area contributed by atoms with E-state index in [0.717, 1.165) is 5.69 Å². The van der Waals surface area contributed by atoms with Gasteiger partial charge in [0.25, 0.3) is 0 Å². The lowest BCUT2D eigenvalue weighted by molar-refractivity contribution is 0.310. The fraction of sp³-hybridized carbons (Fsp3) is 0.538. The lowest BCUT2D eigenvalue weighted by Gasteiger charge is -2.31. The number of piperazine rings is 1. The van der Waals surface area contributed by atoms with Crippen LogP contribution in [0.25, 0.3) is 0 Å². The molecule has 1 aliphatic rings. The number of sulfonamides is 1. The van der Waals surface area contributed by atoms with Gasteiger partial charge in [-0.1, -0.05) is 0 Å². The highest BCUT2D eigenvalue weighted by Gasteiger charge is 2.30. The van der Waals surface area contributed by atoms with Gasteiger partial charge in [-0.05, 0) is 41.1 Å². The zero-order valence-electron chi connectivity index (χ0n) is 11.9. The first kappa shape index (κ1) is 15.8. The van der Waals surface area contributed by atoms with E-state index in [1.54, 1.807) is 16.4 Å². The van der Waals surface area contributed by atoms with Gasteiger partial charge in [0.1, 0.15) is 0 Å². The molecule has 0 aromatic heterocycles. The number of rotatable bonds is 3. The molecule has 0 radical (unpaired) electrons. The van der Waals surface area contributed by atoms with Crippen LogP contribution in [0.3, 0.4) is 0 Å². The zero-order chi connectivity index (χ0) is 14.9. The first-order chi connectivity index (χ1) is 9.32. The smallest absolute Gasteiger partial charge is 0.244 e. The van der Waals surface area contributed by atoms with Gasteiger partial charge in [0.2, 0.25) is 10.0 Å². The molecule has 1 aliphatic heterocycles. The van der Waals surface area contributed by atoms with Crippen molar-refractivity contribution in [3.8, 4) is 0 Å². The predicted molar refractivity (Wildman–Crippen MR) is 84.7 cm³/mol. The topological polar surface area (TPSA) is 52.7 Å². The Bertz CT molecular complexity index is 589. The molecule has 5 nitrogen and oxygen atoms in total. The average Bonchev–Trinajstić information content (AvgIpc) is 2.38. The van der Waals surface area contributed by atoms with Crippen molar-refractivity contribution in [1.82, 2.24) is 9.62 Å². The summed E-state index contributed by atoms with van der Waals surface area (Å²) in [7, 11) is 0.329. The first-order valence-corrected chi connectivity index (χ1v) is 8.76. The lowest BCUT2D eigenvalue weighted by atomic mass is 10.3. The maximum atomic E-state index is 12.8. The third-order valence-electron chi connectivity index (χ3n) is 3.38. The van der Waals surface area contributed by atoms with E-state index in [2.05, 4.69) is 21.2 Å². The van der Waals surface area contributed by atoms with Crippen LogP contribution in [0.15, 0.2) is 27.6 Å². The summed E-state index contributed by atoms with van der Waals surface area (Å²) in [6, 6.07) is 5.57. The van der Waals surface area contributed by atoms with Crippen molar-refractivity contribution in [3.05, 3.63) is 22.7 Å². The minimum atomic E-state index is -3.46. The van der Waals surface area contributed by atoms with Gasteiger partial charge in [0.15, 0.2) is 0 Å². The fourth-order valence-electron chi connectivity index (χ4n) is 2.22. The molecule has 1 atom stereocenters. The summed E-state index contributed by atoms with van der Waals surface area (Å²) in [5, 5.41) is 3.25. The van der Waals surface area contributed by atoms with Crippen molar-refractivity contribution in [2.45, 2.75) is 17.9 Å². The second kappa shape index (κ2) is 6.01. The van der Waals surface area contributed by atoms with Crippen molar-refractivity contribution >= 4 is 31.6 Å².